The highest BCUT2D eigenvalue weighted by Gasteiger charge is 2.40. The summed E-state index contributed by atoms with van der Waals surface area (Å²) in [7, 11) is -1.30. The van der Waals surface area contributed by atoms with Gasteiger partial charge in [0, 0.05) is 30.4 Å². The van der Waals surface area contributed by atoms with Crippen LogP contribution in [0, 0.1) is 5.92 Å². The van der Waals surface area contributed by atoms with E-state index < -0.39 is 21.9 Å². The predicted octanol–water partition coefficient (Wildman–Crippen LogP) is 2.42. The Kier molecular flexibility index (Phi) is 6.46. The van der Waals surface area contributed by atoms with E-state index in [1.165, 1.54) is 44.5 Å². The number of hydrogen-bond acceptors (Lipinski definition) is 6. The van der Waals surface area contributed by atoms with Crippen LogP contribution in [0.3, 0.4) is 0 Å². The number of benzene rings is 2. The van der Waals surface area contributed by atoms with Crippen molar-refractivity contribution in [3.8, 4) is 0 Å². The van der Waals surface area contributed by atoms with Crippen molar-refractivity contribution in [2.45, 2.75) is 37.1 Å². The van der Waals surface area contributed by atoms with Crippen molar-refractivity contribution in [3.05, 3.63) is 53.6 Å². The second kappa shape index (κ2) is 9.19. The third kappa shape index (κ3) is 4.69. The number of sulfonamides is 1. The molecule has 1 unspecified atom stereocenters. The van der Waals surface area contributed by atoms with Gasteiger partial charge in [-0.3, -0.25) is 9.59 Å². The number of amides is 2. The minimum Gasteiger partial charge on any atom is -0.465 e. The molecule has 0 spiro atoms. The molecule has 0 radical (unpaired) electrons. The Morgan fingerprint density at radius 2 is 1.79 bits per heavy atom. The fraction of sp³-hybridized carbons (Fsp3) is 0.375. The first-order valence-corrected chi connectivity index (χ1v) is 12.5. The van der Waals surface area contributed by atoms with Crippen LogP contribution in [-0.4, -0.2) is 57.3 Å². The molecular formula is C24H27N3O6S. The van der Waals surface area contributed by atoms with Gasteiger partial charge in [0.1, 0.15) is 0 Å². The average molecular weight is 486 g/mol. The molecule has 0 aromatic heterocycles. The van der Waals surface area contributed by atoms with Gasteiger partial charge in [-0.25, -0.2) is 13.2 Å². The van der Waals surface area contributed by atoms with E-state index in [4.69, 9.17) is 0 Å². The number of carbonyl (C=O) groups is 3. The largest absolute Gasteiger partial charge is 0.465 e. The first-order valence-electron chi connectivity index (χ1n) is 11.0. The standard InChI is InChI=1S/C24H27N3O6S/c1-15-12-18-13-20(10-11-21(18)27(15)23(29)16-4-5-16)34(31,32)26(2)14-22(28)25-19-8-6-17(7-9-19)24(30)33-3/h6-11,13,15-16H,4-5,12,14H2,1-3H3,(H,25,28). The van der Waals surface area contributed by atoms with Crippen LogP contribution in [0.5, 0.6) is 0 Å². The SMILES string of the molecule is COC(=O)c1ccc(NC(=O)CN(C)S(=O)(=O)c2ccc3c(c2)CC(C)N3C(=O)C2CC2)cc1. The second-order valence-electron chi connectivity index (χ2n) is 8.70. The summed E-state index contributed by atoms with van der Waals surface area (Å²) in [6.07, 6.45) is 2.40. The highest BCUT2D eigenvalue weighted by molar-refractivity contribution is 7.89. The van der Waals surface area contributed by atoms with Crippen molar-refractivity contribution in [1.82, 2.24) is 4.31 Å². The summed E-state index contributed by atoms with van der Waals surface area (Å²) in [5, 5.41) is 2.62. The van der Waals surface area contributed by atoms with Gasteiger partial charge in [-0.05, 0) is 74.2 Å². The number of methoxy groups -OCH3 is 1. The fourth-order valence-electron chi connectivity index (χ4n) is 4.11. The van der Waals surface area contributed by atoms with Crippen LogP contribution >= 0.6 is 0 Å². The summed E-state index contributed by atoms with van der Waals surface area (Å²) in [6.45, 7) is 1.57. The topological polar surface area (TPSA) is 113 Å². The molecule has 1 heterocycles. The Labute approximate surface area is 198 Å². The summed E-state index contributed by atoms with van der Waals surface area (Å²) in [5.74, 6) is -0.825. The zero-order valence-electron chi connectivity index (χ0n) is 19.3. The lowest BCUT2D eigenvalue weighted by molar-refractivity contribution is -0.120. The summed E-state index contributed by atoms with van der Waals surface area (Å²) in [4.78, 5) is 38.5. The van der Waals surface area contributed by atoms with Crippen molar-refractivity contribution < 1.29 is 27.5 Å². The third-order valence-corrected chi connectivity index (χ3v) is 7.89. The van der Waals surface area contributed by atoms with Crippen molar-refractivity contribution in [2.75, 3.05) is 30.9 Å². The first-order chi connectivity index (χ1) is 16.1. The molecule has 1 atom stereocenters. The second-order valence-corrected chi connectivity index (χ2v) is 10.7. The van der Waals surface area contributed by atoms with E-state index in [1.54, 1.807) is 17.0 Å². The maximum atomic E-state index is 13.1. The van der Waals surface area contributed by atoms with Gasteiger partial charge in [0.25, 0.3) is 0 Å². The minimum absolute atomic E-state index is 0.0184. The fourth-order valence-corrected chi connectivity index (χ4v) is 5.28. The van der Waals surface area contributed by atoms with Crippen molar-refractivity contribution in [1.29, 1.82) is 0 Å². The number of anilines is 2. The number of carbonyl (C=O) groups excluding carboxylic acids is 3. The summed E-state index contributed by atoms with van der Waals surface area (Å²) in [6, 6.07) is 10.8. The van der Waals surface area contributed by atoms with Gasteiger partial charge >= 0.3 is 5.97 Å². The monoisotopic (exact) mass is 485 g/mol. The van der Waals surface area contributed by atoms with E-state index in [9.17, 15) is 22.8 Å². The molecule has 1 saturated carbocycles. The van der Waals surface area contributed by atoms with Crippen LogP contribution in [0.25, 0.3) is 0 Å². The molecular weight excluding hydrogens is 458 g/mol. The van der Waals surface area contributed by atoms with Gasteiger partial charge in [0.2, 0.25) is 21.8 Å². The normalized spacial score (nSPS) is 17.4. The van der Waals surface area contributed by atoms with Gasteiger partial charge in [-0.1, -0.05) is 0 Å². The van der Waals surface area contributed by atoms with Crippen molar-refractivity contribution >= 4 is 39.2 Å². The van der Waals surface area contributed by atoms with E-state index in [-0.39, 0.29) is 29.3 Å². The lowest BCUT2D eigenvalue weighted by atomic mass is 10.1. The Morgan fingerprint density at radius 1 is 1.12 bits per heavy atom. The minimum atomic E-state index is -3.92. The van der Waals surface area contributed by atoms with Crippen LogP contribution < -0.4 is 10.2 Å². The number of nitrogens with one attached hydrogen (secondary N) is 1. The molecule has 2 amide bonds. The maximum absolute atomic E-state index is 13.1. The molecule has 9 nitrogen and oxygen atoms in total. The lowest BCUT2D eigenvalue weighted by Gasteiger charge is -2.23. The number of rotatable bonds is 7. The van der Waals surface area contributed by atoms with Gasteiger partial charge < -0.3 is 15.0 Å². The summed E-state index contributed by atoms with van der Waals surface area (Å²) in [5.41, 5.74) is 2.34. The number of esters is 1. The number of ether oxygens (including phenoxy) is 1. The number of fused-ring (bicyclic) bond motifs is 1. The molecule has 34 heavy (non-hydrogen) atoms. The zero-order valence-corrected chi connectivity index (χ0v) is 20.1. The Bertz CT molecular complexity index is 1240. The molecule has 1 aliphatic heterocycles. The molecule has 180 valence electrons. The van der Waals surface area contributed by atoms with E-state index >= 15 is 0 Å². The third-order valence-electron chi connectivity index (χ3n) is 6.09. The highest BCUT2D eigenvalue weighted by atomic mass is 32.2. The Morgan fingerprint density at radius 3 is 2.41 bits per heavy atom. The van der Waals surface area contributed by atoms with E-state index in [1.807, 2.05) is 6.92 Å². The van der Waals surface area contributed by atoms with Gasteiger partial charge in [-0.2, -0.15) is 4.31 Å². The molecule has 1 fully saturated rings. The summed E-state index contributed by atoms with van der Waals surface area (Å²) >= 11 is 0. The molecule has 1 N–H and O–H groups in total. The lowest BCUT2D eigenvalue weighted by Crippen LogP contribution is -2.36. The number of hydrogen-bond donors (Lipinski definition) is 1. The molecule has 1 aliphatic carbocycles. The zero-order chi connectivity index (χ0) is 24.6. The quantitative estimate of drug-likeness (QED) is 0.603. The van der Waals surface area contributed by atoms with E-state index in [2.05, 4.69) is 10.1 Å². The smallest absolute Gasteiger partial charge is 0.337 e. The number of likely N-dealkylation sites (N-methyl/N-ethyl adjacent to an activating group) is 1. The Hall–Kier alpha value is -3.24. The molecule has 2 aromatic carbocycles. The maximum Gasteiger partial charge on any atom is 0.337 e. The molecule has 2 aromatic rings. The first kappa shape index (κ1) is 23.9. The van der Waals surface area contributed by atoms with Crippen LogP contribution in [0.1, 0.15) is 35.7 Å². The molecule has 0 saturated heterocycles. The van der Waals surface area contributed by atoms with Crippen molar-refractivity contribution in [2.24, 2.45) is 5.92 Å². The van der Waals surface area contributed by atoms with Crippen LogP contribution in [0.2, 0.25) is 0 Å². The Balaban J connectivity index is 1.44. The van der Waals surface area contributed by atoms with Crippen LogP contribution in [0.15, 0.2) is 47.4 Å². The van der Waals surface area contributed by atoms with E-state index in [0.717, 1.165) is 28.4 Å². The highest BCUT2D eigenvalue weighted by Crippen LogP contribution is 2.39. The number of nitrogens with zero attached hydrogens (tertiary/aromatic N) is 2. The average Bonchev–Trinajstić information content (AvgIpc) is 3.60. The van der Waals surface area contributed by atoms with Crippen LogP contribution in [-0.2, 0) is 30.8 Å². The van der Waals surface area contributed by atoms with Crippen molar-refractivity contribution in [3.63, 3.8) is 0 Å². The summed E-state index contributed by atoms with van der Waals surface area (Å²) < 4.78 is 31.8. The molecule has 2 aliphatic rings. The van der Waals surface area contributed by atoms with Gasteiger partial charge in [-0.15, -0.1) is 0 Å². The van der Waals surface area contributed by atoms with Crippen LogP contribution in [0.4, 0.5) is 11.4 Å². The van der Waals surface area contributed by atoms with Gasteiger partial charge in [0.15, 0.2) is 0 Å². The molecule has 4 rings (SSSR count). The predicted molar refractivity (Wildman–Crippen MR) is 126 cm³/mol. The van der Waals surface area contributed by atoms with Gasteiger partial charge in [0.05, 0.1) is 24.1 Å². The molecule has 10 heteroatoms. The molecule has 0 bridgehead atoms. The van der Waals surface area contributed by atoms with E-state index in [0.29, 0.717) is 17.7 Å².